The third-order valence-corrected chi connectivity index (χ3v) is 6.17. The summed E-state index contributed by atoms with van der Waals surface area (Å²) < 4.78 is 0. The lowest BCUT2D eigenvalue weighted by molar-refractivity contribution is -0.139. The molecule has 3 amide bonds. The summed E-state index contributed by atoms with van der Waals surface area (Å²) in [7, 11) is 1.75. The molecule has 8 heteroatoms. The van der Waals surface area contributed by atoms with Crippen LogP contribution in [-0.4, -0.2) is 69.1 Å². The first-order valence-corrected chi connectivity index (χ1v) is 10.1. The average molecular weight is 385 g/mol. The van der Waals surface area contributed by atoms with Gasteiger partial charge in [-0.05, 0) is 19.3 Å². The van der Waals surface area contributed by atoms with E-state index in [2.05, 4.69) is 4.98 Å². The van der Waals surface area contributed by atoms with E-state index in [9.17, 15) is 14.4 Å². The normalized spacial score (nSPS) is 25.1. The Morgan fingerprint density at radius 2 is 2.04 bits per heavy atom. The highest BCUT2D eigenvalue weighted by molar-refractivity contribution is 5.89. The fraction of sp³-hybridized carbons (Fsp3) is 0.650. The molecule has 2 fully saturated rings. The molecule has 4 rings (SSSR count). The molecule has 150 valence electrons. The first-order chi connectivity index (χ1) is 13.4. The monoisotopic (exact) mass is 385 g/mol. The number of rotatable bonds is 2. The minimum atomic E-state index is -0.264. The van der Waals surface area contributed by atoms with Crippen LogP contribution in [0.5, 0.6) is 0 Å². The molecule has 0 radical (unpaired) electrons. The Labute approximate surface area is 164 Å². The van der Waals surface area contributed by atoms with Crippen LogP contribution in [0.25, 0.3) is 0 Å². The van der Waals surface area contributed by atoms with Crippen molar-refractivity contribution in [3.63, 3.8) is 0 Å². The number of piperidine rings is 1. The van der Waals surface area contributed by atoms with Crippen molar-refractivity contribution in [1.29, 1.82) is 0 Å². The molecule has 3 aliphatic rings. The van der Waals surface area contributed by atoms with E-state index < -0.39 is 0 Å². The number of fused-ring (bicyclic) bond motifs is 1. The van der Waals surface area contributed by atoms with Crippen LogP contribution in [-0.2, 0) is 27.3 Å². The summed E-state index contributed by atoms with van der Waals surface area (Å²) in [6.07, 6.45) is 5.68. The lowest BCUT2D eigenvalue weighted by Gasteiger charge is -2.36. The Balaban J connectivity index is 1.54. The fourth-order valence-electron chi connectivity index (χ4n) is 4.49. The highest BCUT2D eigenvalue weighted by Gasteiger charge is 2.39. The molecule has 0 aliphatic carbocycles. The first-order valence-electron chi connectivity index (χ1n) is 10.1. The molecule has 4 heterocycles. The third-order valence-electron chi connectivity index (χ3n) is 6.17. The van der Waals surface area contributed by atoms with Crippen molar-refractivity contribution >= 4 is 17.7 Å². The van der Waals surface area contributed by atoms with Crippen molar-refractivity contribution in [3.05, 3.63) is 23.3 Å². The summed E-state index contributed by atoms with van der Waals surface area (Å²) in [5.74, 6) is 0.578. The van der Waals surface area contributed by atoms with Gasteiger partial charge in [0.2, 0.25) is 17.7 Å². The van der Waals surface area contributed by atoms with Crippen molar-refractivity contribution in [2.75, 3.05) is 26.7 Å². The summed E-state index contributed by atoms with van der Waals surface area (Å²) in [4.78, 5) is 51.3. The molecule has 2 atom stereocenters. The number of hydrogen-bond donors (Lipinski definition) is 0. The number of carbonyl (C=O) groups is 3. The van der Waals surface area contributed by atoms with Crippen molar-refractivity contribution in [2.45, 2.75) is 51.6 Å². The quantitative estimate of drug-likeness (QED) is 0.755. The Kier molecular flexibility index (Phi) is 5.03. The molecule has 28 heavy (non-hydrogen) atoms. The summed E-state index contributed by atoms with van der Waals surface area (Å²) >= 11 is 0. The standard InChI is InChI=1S/C20H27N5O3/c1-13(26)24-8-6-16-15(12-24)10-21-19(22-16)17-5-3-4-7-25(17)20(28)14-9-18(27)23(2)11-14/h10,14,17H,3-9,11-12H2,1-2H3/t14-,17-/m0/s1. The highest BCUT2D eigenvalue weighted by Crippen LogP contribution is 2.32. The van der Waals surface area contributed by atoms with E-state index in [-0.39, 0.29) is 29.7 Å². The maximum absolute atomic E-state index is 13.1. The first kappa shape index (κ1) is 18.8. The SMILES string of the molecule is CC(=O)N1CCc2nc([C@@H]3CCCCN3C(=O)[C@H]3CC(=O)N(C)C3)ncc2C1. The predicted octanol–water partition coefficient (Wildman–Crippen LogP) is 0.913. The summed E-state index contributed by atoms with van der Waals surface area (Å²) in [6, 6.07) is -0.126. The van der Waals surface area contributed by atoms with Crippen molar-refractivity contribution < 1.29 is 14.4 Å². The van der Waals surface area contributed by atoms with E-state index in [0.29, 0.717) is 44.8 Å². The van der Waals surface area contributed by atoms with Crippen LogP contribution in [0.1, 0.15) is 55.7 Å². The molecule has 0 aromatic carbocycles. The summed E-state index contributed by atoms with van der Waals surface area (Å²) in [6.45, 7) is 3.98. The van der Waals surface area contributed by atoms with Crippen molar-refractivity contribution in [3.8, 4) is 0 Å². The van der Waals surface area contributed by atoms with Crippen LogP contribution in [0.2, 0.25) is 0 Å². The van der Waals surface area contributed by atoms with Gasteiger partial charge in [-0.3, -0.25) is 14.4 Å². The molecular formula is C20H27N5O3. The molecule has 0 N–H and O–H groups in total. The predicted molar refractivity (Wildman–Crippen MR) is 101 cm³/mol. The van der Waals surface area contributed by atoms with Crippen LogP contribution in [0.4, 0.5) is 0 Å². The van der Waals surface area contributed by atoms with E-state index >= 15 is 0 Å². The number of amides is 3. The van der Waals surface area contributed by atoms with Gasteiger partial charge in [-0.25, -0.2) is 9.97 Å². The van der Waals surface area contributed by atoms with Gasteiger partial charge in [0.1, 0.15) is 0 Å². The van der Waals surface area contributed by atoms with Gasteiger partial charge < -0.3 is 14.7 Å². The molecule has 0 bridgehead atoms. The van der Waals surface area contributed by atoms with E-state index in [0.717, 1.165) is 30.5 Å². The average Bonchev–Trinajstić information content (AvgIpc) is 3.05. The van der Waals surface area contributed by atoms with Crippen LogP contribution in [0, 0.1) is 5.92 Å². The largest absolute Gasteiger partial charge is 0.345 e. The molecule has 1 aromatic heterocycles. The van der Waals surface area contributed by atoms with E-state index in [4.69, 9.17) is 4.98 Å². The second-order valence-corrected chi connectivity index (χ2v) is 8.11. The molecule has 8 nitrogen and oxygen atoms in total. The Bertz CT molecular complexity index is 811. The van der Waals surface area contributed by atoms with Crippen LogP contribution < -0.4 is 0 Å². The Morgan fingerprint density at radius 3 is 2.75 bits per heavy atom. The van der Waals surface area contributed by atoms with Crippen molar-refractivity contribution in [2.24, 2.45) is 5.92 Å². The Hall–Kier alpha value is -2.51. The lowest BCUT2D eigenvalue weighted by Crippen LogP contribution is -2.43. The van der Waals surface area contributed by atoms with E-state index in [1.807, 2.05) is 11.1 Å². The molecule has 1 aromatic rings. The van der Waals surface area contributed by atoms with Gasteiger partial charge in [-0.1, -0.05) is 0 Å². The van der Waals surface area contributed by atoms with Gasteiger partial charge in [-0.15, -0.1) is 0 Å². The third kappa shape index (κ3) is 3.47. The number of hydrogen-bond acceptors (Lipinski definition) is 5. The maximum atomic E-state index is 13.1. The second kappa shape index (κ2) is 7.48. The fourth-order valence-corrected chi connectivity index (χ4v) is 4.49. The lowest BCUT2D eigenvalue weighted by atomic mass is 9.97. The van der Waals surface area contributed by atoms with Gasteiger partial charge in [-0.2, -0.15) is 0 Å². The summed E-state index contributed by atoms with van der Waals surface area (Å²) in [5, 5.41) is 0. The van der Waals surface area contributed by atoms with E-state index in [1.54, 1.807) is 23.8 Å². The number of carbonyl (C=O) groups excluding carboxylic acids is 3. The van der Waals surface area contributed by atoms with Crippen LogP contribution in [0.15, 0.2) is 6.20 Å². The van der Waals surface area contributed by atoms with Crippen molar-refractivity contribution in [1.82, 2.24) is 24.7 Å². The molecule has 2 saturated heterocycles. The smallest absolute Gasteiger partial charge is 0.228 e. The number of likely N-dealkylation sites (tertiary alicyclic amines) is 2. The zero-order valence-electron chi connectivity index (χ0n) is 16.6. The van der Waals surface area contributed by atoms with Gasteiger partial charge in [0.25, 0.3) is 0 Å². The highest BCUT2D eigenvalue weighted by atomic mass is 16.2. The minimum Gasteiger partial charge on any atom is -0.345 e. The second-order valence-electron chi connectivity index (χ2n) is 8.11. The van der Waals surface area contributed by atoms with Gasteiger partial charge in [0.05, 0.1) is 17.7 Å². The number of nitrogens with zero attached hydrogens (tertiary/aromatic N) is 5. The topological polar surface area (TPSA) is 86.7 Å². The van der Waals surface area contributed by atoms with Crippen LogP contribution in [0.3, 0.4) is 0 Å². The molecule has 0 spiro atoms. The number of aromatic nitrogens is 2. The molecular weight excluding hydrogens is 358 g/mol. The van der Waals surface area contributed by atoms with Gasteiger partial charge in [0, 0.05) is 64.8 Å². The minimum absolute atomic E-state index is 0.0342. The molecule has 3 aliphatic heterocycles. The Morgan fingerprint density at radius 1 is 1.21 bits per heavy atom. The molecule has 0 unspecified atom stereocenters. The molecule has 0 saturated carbocycles. The maximum Gasteiger partial charge on any atom is 0.228 e. The van der Waals surface area contributed by atoms with Gasteiger partial charge in [0.15, 0.2) is 5.82 Å². The van der Waals surface area contributed by atoms with Crippen LogP contribution >= 0.6 is 0 Å². The zero-order chi connectivity index (χ0) is 19.8. The zero-order valence-corrected chi connectivity index (χ0v) is 16.6. The van der Waals surface area contributed by atoms with E-state index in [1.165, 1.54) is 0 Å². The summed E-state index contributed by atoms with van der Waals surface area (Å²) in [5.41, 5.74) is 1.97. The van der Waals surface area contributed by atoms with Gasteiger partial charge >= 0.3 is 0 Å².